The lowest BCUT2D eigenvalue weighted by atomic mass is 9.97. The second kappa shape index (κ2) is 7.51. The van der Waals surface area contributed by atoms with E-state index in [4.69, 9.17) is 14.6 Å². The molecule has 3 aromatic rings. The second-order valence-corrected chi connectivity index (χ2v) is 5.70. The number of carbonyl (C=O) groups excluding carboxylic acids is 1. The lowest BCUT2D eigenvalue weighted by Gasteiger charge is -2.15. The average Bonchev–Trinajstić information content (AvgIpc) is 2.71. The lowest BCUT2D eigenvalue weighted by Crippen LogP contribution is -2.05. The van der Waals surface area contributed by atoms with E-state index in [9.17, 15) is 9.90 Å². The normalized spacial score (nSPS) is 10.8. The number of benzene rings is 2. The van der Waals surface area contributed by atoms with Gasteiger partial charge in [-0.05, 0) is 17.7 Å². The van der Waals surface area contributed by atoms with E-state index in [2.05, 4.69) is 4.98 Å². The SMILES string of the molecule is COc1c(CO)cc2c(C(=O)c3ccc(CO)cc3)ccnc2c1OC. The maximum Gasteiger partial charge on any atom is 0.193 e. The van der Waals surface area contributed by atoms with E-state index >= 15 is 0 Å². The van der Waals surface area contributed by atoms with Crippen molar-refractivity contribution in [1.82, 2.24) is 4.98 Å². The fourth-order valence-electron chi connectivity index (χ4n) is 2.94. The first-order valence-corrected chi connectivity index (χ1v) is 8.02. The lowest BCUT2D eigenvalue weighted by molar-refractivity contribution is 0.104. The van der Waals surface area contributed by atoms with Crippen LogP contribution < -0.4 is 9.47 Å². The molecular formula is C20H19NO5. The molecule has 0 radical (unpaired) electrons. The molecule has 6 nitrogen and oxygen atoms in total. The summed E-state index contributed by atoms with van der Waals surface area (Å²) in [4.78, 5) is 17.3. The van der Waals surface area contributed by atoms with E-state index in [1.165, 1.54) is 20.4 Å². The van der Waals surface area contributed by atoms with Gasteiger partial charge in [0, 0.05) is 28.3 Å². The topological polar surface area (TPSA) is 88.9 Å². The van der Waals surface area contributed by atoms with Crippen molar-refractivity contribution in [3.05, 3.63) is 64.8 Å². The number of aliphatic hydroxyl groups excluding tert-OH is 2. The summed E-state index contributed by atoms with van der Waals surface area (Å²) in [6.45, 7) is -0.341. The number of fused-ring (bicyclic) bond motifs is 1. The molecule has 0 aliphatic heterocycles. The molecule has 0 saturated heterocycles. The Morgan fingerprint density at radius 1 is 1.00 bits per heavy atom. The van der Waals surface area contributed by atoms with Crippen molar-refractivity contribution in [2.24, 2.45) is 0 Å². The van der Waals surface area contributed by atoms with E-state index in [0.29, 0.717) is 39.1 Å². The molecule has 1 heterocycles. The highest BCUT2D eigenvalue weighted by Gasteiger charge is 2.20. The van der Waals surface area contributed by atoms with Gasteiger partial charge in [0.2, 0.25) is 0 Å². The summed E-state index contributed by atoms with van der Waals surface area (Å²) in [6, 6.07) is 10.1. The van der Waals surface area contributed by atoms with Crippen molar-refractivity contribution in [3.63, 3.8) is 0 Å². The highest BCUT2D eigenvalue weighted by Crippen LogP contribution is 2.39. The summed E-state index contributed by atoms with van der Waals surface area (Å²) >= 11 is 0. The molecule has 2 aromatic carbocycles. The zero-order chi connectivity index (χ0) is 18.7. The molecule has 134 valence electrons. The van der Waals surface area contributed by atoms with Crippen molar-refractivity contribution in [2.75, 3.05) is 14.2 Å². The molecule has 0 amide bonds. The Balaban J connectivity index is 2.21. The van der Waals surface area contributed by atoms with Gasteiger partial charge in [-0.15, -0.1) is 0 Å². The first-order chi connectivity index (χ1) is 12.6. The smallest absolute Gasteiger partial charge is 0.193 e. The average molecular weight is 353 g/mol. The van der Waals surface area contributed by atoms with Crippen LogP contribution in [0.15, 0.2) is 42.6 Å². The molecule has 0 aliphatic rings. The molecule has 3 rings (SSSR count). The van der Waals surface area contributed by atoms with Crippen LogP contribution in [0, 0.1) is 0 Å². The number of rotatable bonds is 6. The number of pyridine rings is 1. The Kier molecular flexibility index (Phi) is 5.16. The first kappa shape index (κ1) is 17.8. The van der Waals surface area contributed by atoms with E-state index in [0.717, 1.165) is 5.56 Å². The number of hydrogen-bond acceptors (Lipinski definition) is 6. The summed E-state index contributed by atoms with van der Waals surface area (Å²) in [5, 5.41) is 19.4. The molecule has 0 unspecified atom stereocenters. The molecule has 0 atom stereocenters. The van der Waals surface area contributed by atoms with Gasteiger partial charge < -0.3 is 19.7 Å². The van der Waals surface area contributed by atoms with Crippen molar-refractivity contribution >= 4 is 16.7 Å². The summed E-state index contributed by atoms with van der Waals surface area (Å²) in [6.07, 6.45) is 1.54. The van der Waals surface area contributed by atoms with Crippen LogP contribution in [0.1, 0.15) is 27.0 Å². The van der Waals surface area contributed by atoms with Gasteiger partial charge in [-0.25, -0.2) is 0 Å². The first-order valence-electron chi connectivity index (χ1n) is 8.02. The number of aromatic nitrogens is 1. The van der Waals surface area contributed by atoms with Gasteiger partial charge in [-0.1, -0.05) is 24.3 Å². The Morgan fingerprint density at radius 2 is 1.69 bits per heavy atom. The minimum Gasteiger partial charge on any atom is -0.492 e. The summed E-state index contributed by atoms with van der Waals surface area (Å²) in [7, 11) is 2.98. The van der Waals surface area contributed by atoms with E-state index in [1.54, 1.807) is 36.4 Å². The van der Waals surface area contributed by atoms with Gasteiger partial charge in [-0.2, -0.15) is 0 Å². The third-order valence-corrected chi connectivity index (χ3v) is 4.24. The highest BCUT2D eigenvalue weighted by atomic mass is 16.5. The highest BCUT2D eigenvalue weighted by molar-refractivity contribution is 6.16. The molecule has 26 heavy (non-hydrogen) atoms. The third kappa shape index (κ3) is 3.00. The number of aliphatic hydroxyl groups is 2. The molecule has 0 spiro atoms. The van der Waals surface area contributed by atoms with Crippen molar-refractivity contribution in [3.8, 4) is 11.5 Å². The molecular weight excluding hydrogens is 334 g/mol. The quantitative estimate of drug-likeness (QED) is 0.662. The molecule has 0 fully saturated rings. The number of hydrogen-bond donors (Lipinski definition) is 2. The summed E-state index contributed by atoms with van der Waals surface area (Å²) in [5.74, 6) is 0.587. The molecule has 2 N–H and O–H groups in total. The monoisotopic (exact) mass is 353 g/mol. The standard InChI is InChI=1S/C20H19NO5/c1-25-19-14(11-23)9-16-15(7-8-21-17(16)20(19)26-2)18(24)13-5-3-12(10-22)4-6-13/h3-9,22-23H,10-11H2,1-2H3. The van der Waals surface area contributed by atoms with Crippen molar-refractivity contribution in [1.29, 1.82) is 0 Å². The Bertz CT molecular complexity index is 951. The fraction of sp³-hybridized carbons (Fsp3) is 0.200. The summed E-state index contributed by atoms with van der Waals surface area (Å²) in [5.41, 5.74) is 2.67. The largest absolute Gasteiger partial charge is 0.492 e. The Hall–Kier alpha value is -2.96. The molecule has 1 aromatic heterocycles. The molecule has 6 heteroatoms. The number of carbonyl (C=O) groups is 1. The van der Waals surface area contributed by atoms with Crippen LogP contribution >= 0.6 is 0 Å². The van der Waals surface area contributed by atoms with Gasteiger partial charge in [0.25, 0.3) is 0 Å². The number of ketones is 1. The third-order valence-electron chi connectivity index (χ3n) is 4.24. The van der Waals surface area contributed by atoms with Crippen LogP contribution in [-0.2, 0) is 13.2 Å². The van der Waals surface area contributed by atoms with E-state index < -0.39 is 0 Å². The molecule has 0 aliphatic carbocycles. The predicted octanol–water partition coefficient (Wildman–Crippen LogP) is 2.47. The van der Waals surface area contributed by atoms with Crippen LogP contribution in [0.5, 0.6) is 11.5 Å². The van der Waals surface area contributed by atoms with Gasteiger partial charge in [0.15, 0.2) is 17.3 Å². The number of nitrogens with zero attached hydrogens (tertiary/aromatic N) is 1. The van der Waals surface area contributed by atoms with Crippen molar-refractivity contribution < 1.29 is 24.5 Å². The van der Waals surface area contributed by atoms with Gasteiger partial charge >= 0.3 is 0 Å². The molecule has 0 bridgehead atoms. The second-order valence-electron chi connectivity index (χ2n) is 5.70. The number of methoxy groups -OCH3 is 2. The van der Waals surface area contributed by atoms with E-state index in [-0.39, 0.29) is 19.0 Å². The van der Waals surface area contributed by atoms with Crippen LogP contribution in [-0.4, -0.2) is 35.2 Å². The van der Waals surface area contributed by atoms with Gasteiger partial charge in [-0.3, -0.25) is 9.78 Å². The Labute approximate surface area is 150 Å². The van der Waals surface area contributed by atoms with Gasteiger partial charge in [0.1, 0.15) is 5.52 Å². The maximum absolute atomic E-state index is 13.0. The summed E-state index contributed by atoms with van der Waals surface area (Å²) < 4.78 is 10.8. The zero-order valence-corrected chi connectivity index (χ0v) is 14.5. The van der Waals surface area contributed by atoms with Gasteiger partial charge in [0.05, 0.1) is 27.4 Å². The Morgan fingerprint density at radius 3 is 2.27 bits per heavy atom. The zero-order valence-electron chi connectivity index (χ0n) is 14.5. The predicted molar refractivity (Wildman–Crippen MR) is 96.6 cm³/mol. The minimum atomic E-state index is -0.261. The fourth-order valence-corrected chi connectivity index (χ4v) is 2.94. The minimum absolute atomic E-state index is 0.0798. The van der Waals surface area contributed by atoms with Crippen molar-refractivity contribution in [2.45, 2.75) is 13.2 Å². The molecule has 0 saturated carbocycles. The van der Waals surface area contributed by atoms with Crippen LogP contribution in [0.25, 0.3) is 10.9 Å². The van der Waals surface area contributed by atoms with E-state index in [1.807, 2.05) is 0 Å². The number of ether oxygens (including phenoxy) is 2. The van der Waals surface area contributed by atoms with Crippen LogP contribution in [0.4, 0.5) is 0 Å². The maximum atomic E-state index is 13.0. The van der Waals surface area contributed by atoms with Crippen LogP contribution in [0.3, 0.4) is 0 Å². The van der Waals surface area contributed by atoms with Crippen LogP contribution in [0.2, 0.25) is 0 Å².